The monoisotopic (exact) mass is 246 g/mol. The Kier molecular flexibility index (Phi) is 3.10. The number of hydrogen-bond acceptors (Lipinski definition) is 4. The first-order chi connectivity index (χ1) is 8.58. The molecule has 2 rings (SSSR count). The van der Waals surface area contributed by atoms with Crippen molar-refractivity contribution in [1.29, 1.82) is 0 Å². The smallest absolute Gasteiger partial charge is 0.342 e. The van der Waals surface area contributed by atoms with Gasteiger partial charge in [-0.2, -0.15) is 0 Å². The van der Waals surface area contributed by atoms with Crippen molar-refractivity contribution in [3.8, 4) is 11.5 Å². The van der Waals surface area contributed by atoms with Gasteiger partial charge in [0.15, 0.2) is 0 Å². The highest BCUT2D eigenvalue weighted by Gasteiger charge is 2.17. The summed E-state index contributed by atoms with van der Waals surface area (Å²) in [4.78, 5) is 11.7. The van der Waals surface area contributed by atoms with Crippen LogP contribution in [0, 0.1) is 6.92 Å². The molecule has 4 nitrogen and oxygen atoms in total. The van der Waals surface area contributed by atoms with Crippen LogP contribution in [0.1, 0.15) is 15.9 Å². The lowest BCUT2D eigenvalue weighted by atomic mass is 9.99. The molecule has 0 heterocycles. The zero-order valence-corrected chi connectivity index (χ0v) is 10.5. The second-order valence-corrected chi connectivity index (χ2v) is 3.99. The van der Waals surface area contributed by atoms with Crippen LogP contribution in [0.3, 0.4) is 0 Å². The van der Waals surface area contributed by atoms with Crippen LogP contribution in [-0.4, -0.2) is 25.3 Å². The number of hydrogen-bond donors (Lipinski definition) is 1. The molecule has 1 N–H and O–H groups in total. The Morgan fingerprint density at radius 1 is 1.17 bits per heavy atom. The largest absolute Gasteiger partial charge is 0.507 e. The number of methoxy groups -OCH3 is 2. The molecule has 2 aromatic carbocycles. The molecule has 94 valence electrons. The second kappa shape index (κ2) is 4.56. The maximum Gasteiger partial charge on any atom is 0.342 e. The minimum Gasteiger partial charge on any atom is -0.507 e. The van der Waals surface area contributed by atoms with Gasteiger partial charge in [0.2, 0.25) is 0 Å². The van der Waals surface area contributed by atoms with E-state index < -0.39 is 5.97 Å². The van der Waals surface area contributed by atoms with Gasteiger partial charge in [0.1, 0.15) is 17.1 Å². The van der Waals surface area contributed by atoms with E-state index in [4.69, 9.17) is 9.47 Å². The Bertz CT molecular complexity index is 617. The van der Waals surface area contributed by atoms with E-state index in [2.05, 4.69) is 0 Å². The average molecular weight is 246 g/mol. The maximum atomic E-state index is 11.7. The zero-order chi connectivity index (χ0) is 13.3. The SMILES string of the molecule is COC(=O)c1c(O)ccc2c(C)cc(OC)cc12. The predicted molar refractivity (Wildman–Crippen MR) is 68.2 cm³/mol. The van der Waals surface area contributed by atoms with E-state index in [1.165, 1.54) is 13.2 Å². The molecular weight excluding hydrogens is 232 g/mol. The number of benzene rings is 2. The molecule has 2 aromatic rings. The number of carbonyl (C=O) groups is 1. The molecule has 0 radical (unpaired) electrons. The topological polar surface area (TPSA) is 55.8 Å². The molecule has 0 bridgehead atoms. The quantitative estimate of drug-likeness (QED) is 0.828. The van der Waals surface area contributed by atoms with E-state index in [0.29, 0.717) is 11.1 Å². The minimum absolute atomic E-state index is 0.0954. The lowest BCUT2D eigenvalue weighted by Crippen LogP contribution is -2.03. The van der Waals surface area contributed by atoms with Crippen LogP contribution >= 0.6 is 0 Å². The van der Waals surface area contributed by atoms with Crippen molar-refractivity contribution in [1.82, 2.24) is 0 Å². The summed E-state index contributed by atoms with van der Waals surface area (Å²) in [5, 5.41) is 11.3. The first-order valence-corrected chi connectivity index (χ1v) is 5.47. The molecular formula is C14H14O4. The summed E-state index contributed by atoms with van der Waals surface area (Å²) in [7, 11) is 2.84. The third-order valence-electron chi connectivity index (χ3n) is 2.92. The number of rotatable bonds is 2. The van der Waals surface area contributed by atoms with Crippen molar-refractivity contribution < 1.29 is 19.4 Å². The second-order valence-electron chi connectivity index (χ2n) is 3.99. The fraction of sp³-hybridized carbons (Fsp3) is 0.214. The molecule has 0 atom stereocenters. The molecule has 0 aromatic heterocycles. The van der Waals surface area contributed by atoms with Gasteiger partial charge in [0.25, 0.3) is 0 Å². The minimum atomic E-state index is -0.564. The molecule has 0 aliphatic carbocycles. The molecule has 0 aliphatic rings. The van der Waals surface area contributed by atoms with Crippen LogP contribution in [0.4, 0.5) is 0 Å². The van der Waals surface area contributed by atoms with E-state index in [0.717, 1.165) is 10.9 Å². The lowest BCUT2D eigenvalue weighted by Gasteiger charge is -2.11. The van der Waals surface area contributed by atoms with Crippen LogP contribution in [-0.2, 0) is 4.74 Å². The van der Waals surface area contributed by atoms with Gasteiger partial charge < -0.3 is 14.6 Å². The molecule has 0 saturated carbocycles. The first-order valence-electron chi connectivity index (χ1n) is 5.47. The maximum absolute atomic E-state index is 11.7. The Labute approximate surface area is 105 Å². The number of ether oxygens (including phenoxy) is 2. The van der Waals surface area contributed by atoms with Gasteiger partial charge in [-0.1, -0.05) is 6.07 Å². The molecule has 0 unspecified atom stereocenters. The summed E-state index contributed by atoms with van der Waals surface area (Å²) in [5.41, 5.74) is 1.13. The number of phenols is 1. The molecule has 0 spiro atoms. The Morgan fingerprint density at radius 3 is 2.50 bits per heavy atom. The number of fused-ring (bicyclic) bond motifs is 1. The van der Waals surface area contributed by atoms with Crippen molar-refractivity contribution in [3.63, 3.8) is 0 Å². The van der Waals surface area contributed by atoms with Gasteiger partial charge >= 0.3 is 5.97 Å². The molecule has 0 fully saturated rings. The molecule has 4 heteroatoms. The van der Waals surface area contributed by atoms with Crippen LogP contribution in [0.5, 0.6) is 11.5 Å². The standard InChI is InChI=1S/C14H14O4/c1-8-6-9(17-2)7-11-10(8)4-5-12(15)13(11)14(16)18-3/h4-7,15H,1-3H3. The van der Waals surface area contributed by atoms with E-state index >= 15 is 0 Å². The Morgan fingerprint density at radius 2 is 1.89 bits per heavy atom. The number of carbonyl (C=O) groups excluding carboxylic acids is 1. The summed E-state index contributed by atoms with van der Waals surface area (Å²) in [5.74, 6) is -0.0245. The van der Waals surface area contributed by atoms with Gasteiger partial charge in [0.05, 0.1) is 14.2 Å². The van der Waals surface area contributed by atoms with Crippen molar-refractivity contribution >= 4 is 16.7 Å². The Hall–Kier alpha value is -2.23. The summed E-state index contributed by atoms with van der Waals surface area (Å²) in [6.07, 6.45) is 0. The molecule has 18 heavy (non-hydrogen) atoms. The average Bonchev–Trinajstić information content (AvgIpc) is 2.37. The number of esters is 1. The summed E-state index contributed by atoms with van der Waals surface area (Å²) in [6, 6.07) is 6.86. The highest BCUT2D eigenvalue weighted by atomic mass is 16.5. The van der Waals surface area contributed by atoms with Crippen LogP contribution < -0.4 is 4.74 Å². The van der Waals surface area contributed by atoms with Crippen LogP contribution in [0.2, 0.25) is 0 Å². The fourth-order valence-corrected chi connectivity index (χ4v) is 2.01. The number of aromatic hydroxyl groups is 1. The molecule has 0 aliphatic heterocycles. The first kappa shape index (κ1) is 12.2. The third kappa shape index (κ3) is 1.86. The Balaban J connectivity index is 2.86. The zero-order valence-electron chi connectivity index (χ0n) is 10.5. The highest BCUT2D eigenvalue weighted by molar-refractivity contribution is 6.08. The van der Waals surface area contributed by atoms with E-state index in [-0.39, 0.29) is 11.3 Å². The van der Waals surface area contributed by atoms with Crippen molar-refractivity contribution in [2.24, 2.45) is 0 Å². The third-order valence-corrected chi connectivity index (χ3v) is 2.92. The van der Waals surface area contributed by atoms with Crippen LogP contribution in [0.15, 0.2) is 24.3 Å². The van der Waals surface area contributed by atoms with E-state index in [1.54, 1.807) is 19.2 Å². The van der Waals surface area contributed by atoms with Crippen molar-refractivity contribution in [3.05, 3.63) is 35.4 Å². The summed E-state index contributed by atoms with van der Waals surface area (Å²) < 4.78 is 9.88. The molecule has 0 saturated heterocycles. The van der Waals surface area contributed by atoms with Crippen molar-refractivity contribution in [2.75, 3.05) is 14.2 Å². The fourth-order valence-electron chi connectivity index (χ4n) is 2.01. The summed E-state index contributed by atoms with van der Waals surface area (Å²) in [6.45, 7) is 1.92. The normalized spacial score (nSPS) is 10.4. The summed E-state index contributed by atoms with van der Waals surface area (Å²) >= 11 is 0. The van der Waals surface area contributed by atoms with Crippen molar-refractivity contribution in [2.45, 2.75) is 6.92 Å². The molecule has 0 amide bonds. The number of aryl methyl sites for hydroxylation is 1. The van der Waals surface area contributed by atoms with Gasteiger partial charge in [-0.25, -0.2) is 4.79 Å². The predicted octanol–water partition coefficient (Wildman–Crippen LogP) is 2.65. The lowest BCUT2D eigenvalue weighted by molar-refractivity contribution is 0.0600. The van der Waals surface area contributed by atoms with Gasteiger partial charge in [0, 0.05) is 5.39 Å². The van der Waals surface area contributed by atoms with E-state index in [1.807, 2.05) is 13.0 Å². The van der Waals surface area contributed by atoms with Gasteiger partial charge in [-0.3, -0.25) is 0 Å². The van der Waals surface area contributed by atoms with Gasteiger partial charge in [-0.15, -0.1) is 0 Å². The van der Waals surface area contributed by atoms with Gasteiger partial charge in [-0.05, 0) is 36.1 Å². The number of phenolic OH excluding ortho intramolecular Hbond substituents is 1. The highest BCUT2D eigenvalue weighted by Crippen LogP contribution is 2.32. The van der Waals surface area contributed by atoms with Crippen LogP contribution in [0.25, 0.3) is 10.8 Å². The van der Waals surface area contributed by atoms with E-state index in [9.17, 15) is 9.90 Å².